The van der Waals surface area contributed by atoms with E-state index < -0.39 is 31.2 Å². The number of nitro groups is 1. The molecule has 0 saturated carbocycles. The van der Waals surface area contributed by atoms with Crippen molar-refractivity contribution in [3.8, 4) is 0 Å². The maximum atomic E-state index is 13.1. The van der Waals surface area contributed by atoms with Crippen molar-refractivity contribution in [2.24, 2.45) is 0 Å². The van der Waals surface area contributed by atoms with E-state index in [4.69, 9.17) is 0 Å². The van der Waals surface area contributed by atoms with Gasteiger partial charge in [-0.05, 0) is 30.3 Å². The van der Waals surface area contributed by atoms with Gasteiger partial charge in [-0.15, -0.1) is 0 Å². The summed E-state index contributed by atoms with van der Waals surface area (Å²) in [5, 5.41) is 10.9. The Labute approximate surface area is 122 Å². The predicted molar refractivity (Wildman–Crippen MR) is 72.6 cm³/mol. The van der Waals surface area contributed by atoms with Gasteiger partial charge in [0.1, 0.15) is 5.82 Å². The van der Waals surface area contributed by atoms with Crippen LogP contribution in [0.25, 0.3) is 0 Å². The molecule has 0 aliphatic rings. The van der Waals surface area contributed by atoms with Crippen molar-refractivity contribution in [1.29, 1.82) is 0 Å². The van der Waals surface area contributed by atoms with Gasteiger partial charge in [0, 0.05) is 10.5 Å². The first-order chi connectivity index (χ1) is 9.32. The molecule has 0 atom stereocenters. The standard InChI is InChI=1S/C12H7BrFNO4S/c13-8-4-5-11(15(16)17)12(6-8)20(18,19)10-3-1-2-9(14)7-10/h1-7H. The second-order valence-electron chi connectivity index (χ2n) is 3.83. The highest BCUT2D eigenvalue weighted by Gasteiger charge is 2.28. The van der Waals surface area contributed by atoms with Crippen LogP contribution < -0.4 is 0 Å². The van der Waals surface area contributed by atoms with Crippen LogP contribution in [0.5, 0.6) is 0 Å². The van der Waals surface area contributed by atoms with Crippen molar-refractivity contribution < 1.29 is 17.7 Å². The van der Waals surface area contributed by atoms with E-state index in [0.717, 1.165) is 24.3 Å². The Balaban J connectivity index is 2.72. The summed E-state index contributed by atoms with van der Waals surface area (Å²) < 4.78 is 38.3. The lowest BCUT2D eigenvalue weighted by atomic mass is 10.3. The summed E-state index contributed by atoms with van der Waals surface area (Å²) in [6, 6.07) is 7.89. The third-order valence-corrected chi connectivity index (χ3v) is 4.79. The Hall–Kier alpha value is -1.80. The van der Waals surface area contributed by atoms with Crippen LogP contribution in [-0.4, -0.2) is 13.3 Å². The third-order valence-electron chi connectivity index (χ3n) is 2.51. The van der Waals surface area contributed by atoms with Crippen molar-refractivity contribution in [1.82, 2.24) is 0 Å². The maximum absolute atomic E-state index is 13.1. The van der Waals surface area contributed by atoms with Crippen molar-refractivity contribution in [3.63, 3.8) is 0 Å². The fraction of sp³-hybridized carbons (Fsp3) is 0. The molecule has 0 heterocycles. The maximum Gasteiger partial charge on any atom is 0.288 e. The molecule has 2 aromatic carbocycles. The van der Waals surface area contributed by atoms with Crippen LogP contribution in [0, 0.1) is 15.9 Å². The molecule has 0 fully saturated rings. The van der Waals surface area contributed by atoms with Crippen LogP contribution in [0.15, 0.2) is 56.7 Å². The van der Waals surface area contributed by atoms with E-state index in [1.165, 1.54) is 18.2 Å². The molecule has 0 spiro atoms. The van der Waals surface area contributed by atoms with Crippen molar-refractivity contribution in [3.05, 3.63) is 62.9 Å². The van der Waals surface area contributed by atoms with Crippen LogP contribution in [-0.2, 0) is 9.84 Å². The minimum absolute atomic E-state index is 0.335. The predicted octanol–water partition coefficient (Wildman–Crippen LogP) is 3.33. The molecule has 104 valence electrons. The lowest BCUT2D eigenvalue weighted by molar-refractivity contribution is -0.387. The molecule has 8 heteroatoms. The summed E-state index contributed by atoms with van der Waals surface area (Å²) >= 11 is 3.06. The lowest BCUT2D eigenvalue weighted by Gasteiger charge is -2.06. The molecule has 0 aliphatic carbocycles. The highest BCUT2D eigenvalue weighted by Crippen LogP contribution is 2.31. The van der Waals surface area contributed by atoms with Gasteiger partial charge in [-0.2, -0.15) is 0 Å². The second-order valence-corrected chi connectivity index (χ2v) is 6.66. The smallest absolute Gasteiger partial charge is 0.258 e. The van der Waals surface area contributed by atoms with E-state index in [-0.39, 0.29) is 4.90 Å². The Morgan fingerprint density at radius 1 is 1.15 bits per heavy atom. The SMILES string of the molecule is O=[N+]([O-])c1ccc(Br)cc1S(=O)(=O)c1cccc(F)c1. The zero-order chi connectivity index (χ0) is 14.9. The number of nitro benzene ring substituents is 1. The first-order valence-electron chi connectivity index (χ1n) is 5.27. The fourth-order valence-corrected chi connectivity index (χ4v) is 3.61. The van der Waals surface area contributed by atoms with Gasteiger partial charge in [0.25, 0.3) is 5.69 Å². The highest BCUT2D eigenvalue weighted by molar-refractivity contribution is 9.10. The summed E-state index contributed by atoms with van der Waals surface area (Å²) in [4.78, 5) is 9.32. The molecular formula is C12H7BrFNO4S. The van der Waals surface area contributed by atoms with Crippen LogP contribution in [0.2, 0.25) is 0 Å². The van der Waals surface area contributed by atoms with Gasteiger partial charge < -0.3 is 0 Å². The Morgan fingerprint density at radius 2 is 1.85 bits per heavy atom. The zero-order valence-corrected chi connectivity index (χ0v) is 12.2. The van der Waals surface area contributed by atoms with E-state index in [0.29, 0.717) is 4.47 Å². The lowest BCUT2D eigenvalue weighted by Crippen LogP contribution is -2.06. The molecule has 2 rings (SSSR count). The normalized spacial score (nSPS) is 11.3. The number of sulfone groups is 1. The molecule has 0 N–H and O–H groups in total. The van der Waals surface area contributed by atoms with Crippen LogP contribution in [0.4, 0.5) is 10.1 Å². The zero-order valence-electron chi connectivity index (χ0n) is 9.79. The first kappa shape index (κ1) is 14.6. The summed E-state index contributed by atoms with van der Waals surface area (Å²) in [6.07, 6.45) is 0. The van der Waals surface area contributed by atoms with Crippen LogP contribution in [0.3, 0.4) is 0 Å². The van der Waals surface area contributed by atoms with Gasteiger partial charge in [0.15, 0.2) is 4.90 Å². The Bertz CT molecular complexity index is 792. The van der Waals surface area contributed by atoms with E-state index in [9.17, 15) is 22.9 Å². The van der Waals surface area contributed by atoms with Crippen LogP contribution in [0.1, 0.15) is 0 Å². The second kappa shape index (κ2) is 5.29. The van der Waals surface area contributed by atoms with Gasteiger partial charge >= 0.3 is 0 Å². The third kappa shape index (κ3) is 2.70. The molecule has 0 aliphatic heterocycles. The summed E-state index contributed by atoms with van der Waals surface area (Å²) in [7, 11) is -4.17. The van der Waals surface area contributed by atoms with Crippen molar-refractivity contribution in [2.75, 3.05) is 0 Å². The topological polar surface area (TPSA) is 77.3 Å². The number of hydrogen-bond acceptors (Lipinski definition) is 4. The van der Waals surface area contributed by atoms with Gasteiger partial charge in [-0.3, -0.25) is 10.1 Å². The molecule has 0 aromatic heterocycles. The molecule has 0 bridgehead atoms. The molecule has 20 heavy (non-hydrogen) atoms. The molecule has 0 unspecified atom stereocenters. The molecule has 5 nitrogen and oxygen atoms in total. The Kier molecular flexibility index (Phi) is 3.87. The van der Waals surface area contributed by atoms with Gasteiger partial charge in [0.2, 0.25) is 9.84 Å². The van der Waals surface area contributed by atoms with E-state index in [1.807, 2.05) is 0 Å². The van der Waals surface area contributed by atoms with Crippen molar-refractivity contribution >= 4 is 31.5 Å². The van der Waals surface area contributed by atoms with E-state index >= 15 is 0 Å². The summed E-state index contributed by atoms with van der Waals surface area (Å²) in [5.41, 5.74) is -0.558. The molecule has 0 amide bonds. The van der Waals surface area contributed by atoms with Gasteiger partial charge in [-0.1, -0.05) is 22.0 Å². The van der Waals surface area contributed by atoms with Crippen LogP contribution >= 0.6 is 15.9 Å². The molecule has 0 radical (unpaired) electrons. The number of benzene rings is 2. The Morgan fingerprint density at radius 3 is 2.45 bits per heavy atom. The summed E-state index contributed by atoms with van der Waals surface area (Å²) in [5.74, 6) is -0.733. The quantitative estimate of drug-likeness (QED) is 0.621. The fourth-order valence-electron chi connectivity index (χ4n) is 1.62. The monoisotopic (exact) mass is 359 g/mol. The van der Waals surface area contributed by atoms with E-state index in [2.05, 4.69) is 15.9 Å². The van der Waals surface area contributed by atoms with Gasteiger partial charge in [-0.25, -0.2) is 12.8 Å². The van der Waals surface area contributed by atoms with Crippen molar-refractivity contribution in [2.45, 2.75) is 9.79 Å². The largest absolute Gasteiger partial charge is 0.288 e. The number of nitrogens with zero attached hydrogens (tertiary/aromatic N) is 1. The number of rotatable bonds is 3. The number of halogens is 2. The average molecular weight is 360 g/mol. The highest BCUT2D eigenvalue weighted by atomic mass is 79.9. The first-order valence-corrected chi connectivity index (χ1v) is 7.54. The minimum Gasteiger partial charge on any atom is -0.258 e. The molecule has 2 aromatic rings. The summed E-state index contributed by atoms with van der Waals surface area (Å²) in [6.45, 7) is 0. The average Bonchev–Trinajstić information content (AvgIpc) is 2.38. The number of hydrogen-bond donors (Lipinski definition) is 0. The molecule has 0 saturated heterocycles. The van der Waals surface area contributed by atoms with E-state index in [1.54, 1.807) is 0 Å². The minimum atomic E-state index is -4.17. The van der Waals surface area contributed by atoms with Gasteiger partial charge in [0.05, 0.1) is 9.82 Å². The molecular weight excluding hydrogens is 353 g/mol.